The third-order valence-electron chi connectivity index (χ3n) is 4.49. The summed E-state index contributed by atoms with van der Waals surface area (Å²) in [6.45, 7) is 3.51. The van der Waals surface area contributed by atoms with Gasteiger partial charge in [-0.15, -0.1) is 0 Å². The van der Waals surface area contributed by atoms with Crippen molar-refractivity contribution in [3.05, 3.63) is 64.7 Å². The second kappa shape index (κ2) is 7.78. The molecule has 26 heavy (non-hydrogen) atoms. The van der Waals surface area contributed by atoms with E-state index in [1.54, 1.807) is 53.4 Å². The number of benzene rings is 2. The number of hydrogen-bond donors (Lipinski definition) is 0. The minimum absolute atomic E-state index is 0.101. The summed E-state index contributed by atoms with van der Waals surface area (Å²) >= 11 is 5.87. The zero-order valence-electron chi connectivity index (χ0n) is 14.6. The lowest BCUT2D eigenvalue weighted by molar-refractivity contribution is 0.0764. The molecular formula is C19H21ClN2O3S. The van der Waals surface area contributed by atoms with Gasteiger partial charge in [0, 0.05) is 36.8 Å². The Balaban J connectivity index is 1.72. The Hall–Kier alpha value is -1.89. The third-order valence-corrected chi connectivity index (χ3v) is 6.66. The molecule has 2 aromatic rings. The molecule has 0 saturated carbocycles. The Kier molecular flexibility index (Phi) is 5.65. The molecule has 1 aliphatic rings. The van der Waals surface area contributed by atoms with E-state index in [0.29, 0.717) is 41.5 Å². The quantitative estimate of drug-likeness (QED) is 0.806. The molecule has 0 N–H and O–H groups in total. The topological polar surface area (TPSA) is 57.7 Å². The van der Waals surface area contributed by atoms with Gasteiger partial charge >= 0.3 is 0 Å². The zero-order valence-corrected chi connectivity index (χ0v) is 16.1. The molecule has 1 heterocycles. The average molecular weight is 393 g/mol. The monoisotopic (exact) mass is 392 g/mol. The summed E-state index contributed by atoms with van der Waals surface area (Å²) in [7, 11) is -3.54. The number of aryl methyl sites for hydroxylation is 1. The summed E-state index contributed by atoms with van der Waals surface area (Å²) < 4.78 is 27.2. The molecule has 7 heteroatoms. The molecule has 1 amide bonds. The van der Waals surface area contributed by atoms with Gasteiger partial charge in [-0.05, 0) is 49.7 Å². The zero-order chi connectivity index (χ0) is 18.7. The molecule has 0 radical (unpaired) electrons. The van der Waals surface area contributed by atoms with Crippen LogP contribution < -0.4 is 0 Å². The number of halogens is 1. The highest BCUT2D eigenvalue weighted by Gasteiger charge is 2.28. The third kappa shape index (κ3) is 4.09. The van der Waals surface area contributed by atoms with Gasteiger partial charge in [0.05, 0.1) is 4.90 Å². The fourth-order valence-electron chi connectivity index (χ4n) is 2.97. The predicted molar refractivity (Wildman–Crippen MR) is 102 cm³/mol. The number of sulfonamides is 1. The number of hydrogen-bond acceptors (Lipinski definition) is 3. The SMILES string of the molecule is Cc1ccc(S(=O)(=O)N2CCCN(C(=O)c3ccc(Cl)cc3)CC2)cc1. The van der Waals surface area contributed by atoms with Gasteiger partial charge in [-0.3, -0.25) is 4.79 Å². The Morgan fingerprint density at radius 2 is 1.58 bits per heavy atom. The van der Waals surface area contributed by atoms with Gasteiger partial charge in [0.1, 0.15) is 0 Å². The first kappa shape index (κ1) is 18.9. The molecular weight excluding hydrogens is 372 g/mol. The summed E-state index contributed by atoms with van der Waals surface area (Å²) in [5.74, 6) is -0.101. The van der Waals surface area contributed by atoms with Crippen LogP contribution in [-0.2, 0) is 10.0 Å². The second-order valence-electron chi connectivity index (χ2n) is 6.37. The maximum absolute atomic E-state index is 12.8. The normalized spacial score (nSPS) is 16.3. The number of carbonyl (C=O) groups excluding carboxylic acids is 1. The molecule has 0 spiro atoms. The first-order valence-electron chi connectivity index (χ1n) is 8.49. The van der Waals surface area contributed by atoms with Crippen LogP contribution in [0.15, 0.2) is 53.4 Å². The van der Waals surface area contributed by atoms with Gasteiger partial charge in [-0.25, -0.2) is 8.42 Å². The fourth-order valence-corrected chi connectivity index (χ4v) is 4.57. The molecule has 5 nitrogen and oxygen atoms in total. The number of nitrogens with zero attached hydrogens (tertiary/aromatic N) is 2. The lowest BCUT2D eigenvalue weighted by atomic mass is 10.2. The Morgan fingerprint density at radius 1 is 0.923 bits per heavy atom. The smallest absolute Gasteiger partial charge is 0.253 e. The number of rotatable bonds is 3. The van der Waals surface area contributed by atoms with Gasteiger partial charge < -0.3 is 4.90 Å². The van der Waals surface area contributed by atoms with Crippen LogP contribution in [0.1, 0.15) is 22.3 Å². The van der Waals surface area contributed by atoms with Crippen LogP contribution in [-0.4, -0.2) is 49.7 Å². The van der Waals surface area contributed by atoms with Gasteiger partial charge in [0.2, 0.25) is 10.0 Å². The van der Waals surface area contributed by atoms with Crippen LogP contribution in [0.3, 0.4) is 0 Å². The standard InChI is InChI=1S/C19H21ClN2O3S/c1-15-3-9-18(10-4-15)26(24,25)22-12-2-11-21(13-14-22)19(23)16-5-7-17(20)8-6-16/h3-10H,2,11-14H2,1H3. The van der Waals surface area contributed by atoms with Crippen LogP contribution in [0.5, 0.6) is 0 Å². The van der Waals surface area contributed by atoms with Crippen molar-refractivity contribution in [3.8, 4) is 0 Å². The fraction of sp³-hybridized carbons (Fsp3) is 0.316. The summed E-state index contributed by atoms with van der Waals surface area (Å²) in [5.41, 5.74) is 1.57. The largest absolute Gasteiger partial charge is 0.337 e. The first-order valence-corrected chi connectivity index (χ1v) is 10.3. The van der Waals surface area contributed by atoms with Gasteiger partial charge in [0.15, 0.2) is 0 Å². The summed E-state index contributed by atoms with van der Waals surface area (Å²) in [5, 5.41) is 0.577. The first-order chi connectivity index (χ1) is 12.4. The average Bonchev–Trinajstić information content (AvgIpc) is 2.89. The second-order valence-corrected chi connectivity index (χ2v) is 8.74. The van der Waals surface area contributed by atoms with E-state index in [2.05, 4.69) is 0 Å². The molecule has 0 unspecified atom stereocenters. The lowest BCUT2D eigenvalue weighted by Crippen LogP contribution is -2.37. The highest BCUT2D eigenvalue weighted by molar-refractivity contribution is 7.89. The van der Waals surface area contributed by atoms with E-state index in [4.69, 9.17) is 11.6 Å². The molecule has 1 saturated heterocycles. The van der Waals surface area contributed by atoms with E-state index < -0.39 is 10.0 Å². The van der Waals surface area contributed by atoms with Crippen molar-refractivity contribution < 1.29 is 13.2 Å². The lowest BCUT2D eigenvalue weighted by Gasteiger charge is -2.22. The maximum atomic E-state index is 12.8. The van der Waals surface area contributed by atoms with Crippen LogP contribution in [0, 0.1) is 6.92 Å². The molecule has 1 fully saturated rings. The van der Waals surface area contributed by atoms with Crippen molar-refractivity contribution >= 4 is 27.5 Å². The molecule has 3 rings (SSSR count). The van der Waals surface area contributed by atoms with E-state index in [9.17, 15) is 13.2 Å². The molecule has 1 aliphatic heterocycles. The van der Waals surface area contributed by atoms with Crippen molar-refractivity contribution in [2.75, 3.05) is 26.2 Å². The minimum Gasteiger partial charge on any atom is -0.337 e. The maximum Gasteiger partial charge on any atom is 0.253 e. The van der Waals surface area contributed by atoms with Crippen molar-refractivity contribution in [3.63, 3.8) is 0 Å². The summed E-state index contributed by atoms with van der Waals surface area (Å²) in [4.78, 5) is 14.6. The Morgan fingerprint density at radius 3 is 2.23 bits per heavy atom. The van der Waals surface area contributed by atoms with E-state index in [0.717, 1.165) is 5.56 Å². The van der Waals surface area contributed by atoms with Crippen LogP contribution in [0.4, 0.5) is 0 Å². The molecule has 0 aliphatic carbocycles. The van der Waals surface area contributed by atoms with Gasteiger partial charge in [0.25, 0.3) is 5.91 Å². The summed E-state index contributed by atoms with van der Waals surface area (Å²) in [6, 6.07) is 13.6. The van der Waals surface area contributed by atoms with Gasteiger partial charge in [-0.1, -0.05) is 29.3 Å². The Labute approximate surface area is 159 Å². The Bertz CT molecular complexity index is 880. The molecule has 2 aromatic carbocycles. The molecule has 0 aromatic heterocycles. The number of amides is 1. The van der Waals surface area contributed by atoms with Crippen molar-refractivity contribution in [2.45, 2.75) is 18.2 Å². The minimum atomic E-state index is -3.54. The van der Waals surface area contributed by atoms with E-state index in [1.807, 2.05) is 6.92 Å². The van der Waals surface area contributed by atoms with Gasteiger partial charge in [-0.2, -0.15) is 4.31 Å². The molecule has 138 valence electrons. The van der Waals surface area contributed by atoms with Crippen LogP contribution in [0.2, 0.25) is 5.02 Å². The van der Waals surface area contributed by atoms with Crippen LogP contribution in [0.25, 0.3) is 0 Å². The highest BCUT2D eigenvalue weighted by Crippen LogP contribution is 2.19. The predicted octanol–water partition coefficient (Wildman–Crippen LogP) is 3.19. The van der Waals surface area contributed by atoms with Crippen molar-refractivity contribution in [1.82, 2.24) is 9.21 Å². The van der Waals surface area contributed by atoms with E-state index in [1.165, 1.54) is 4.31 Å². The van der Waals surface area contributed by atoms with Crippen LogP contribution >= 0.6 is 11.6 Å². The van der Waals surface area contributed by atoms with Crippen molar-refractivity contribution in [2.24, 2.45) is 0 Å². The summed E-state index contributed by atoms with van der Waals surface area (Å²) in [6.07, 6.45) is 0.602. The van der Waals surface area contributed by atoms with E-state index in [-0.39, 0.29) is 12.5 Å². The molecule has 0 bridgehead atoms. The van der Waals surface area contributed by atoms with Crippen molar-refractivity contribution in [1.29, 1.82) is 0 Å². The molecule has 0 atom stereocenters. The number of carbonyl (C=O) groups is 1. The van der Waals surface area contributed by atoms with E-state index >= 15 is 0 Å². The highest BCUT2D eigenvalue weighted by atomic mass is 35.5.